The Labute approximate surface area is 201 Å². The van der Waals surface area contributed by atoms with E-state index in [1.54, 1.807) is 52.8 Å². The van der Waals surface area contributed by atoms with Gasteiger partial charge < -0.3 is 10.1 Å². The van der Waals surface area contributed by atoms with Crippen LogP contribution in [0.3, 0.4) is 0 Å². The highest BCUT2D eigenvalue weighted by molar-refractivity contribution is 6.22. The fourth-order valence-corrected chi connectivity index (χ4v) is 3.53. The Morgan fingerprint density at radius 2 is 1.94 bits per heavy atom. The molecule has 0 atom stereocenters. The number of ketones is 1. The van der Waals surface area contributed by atoms with E-state index in [9.17, 15) is 14.0 Å². The molecule has 4 rings (SSSR count). The molecule has 0 saturated carbocycles. The van der Waals surface area contributed by atoms with Crippen molar-refractivity contribution in [2.75, 3.05) is 5.32 Å². The molecular weight excluding hydrogens is 449 g/mol. The van der Waals surface area contributed by atoms with Crippen molar-refractivity contribution in [1.82, 2.24) is 19.4 Å². The number of allylic oxidation sites excluding steroid dienone is 3. The van der Waals surface area contributed by atoms with Crippen molar-refractivity contribution in [2.45, 2.75) is 20.8 Å². The largest absolute Gasteiger partial charge is 0.452 e. The van der Waals surface area contributed by atoms with Gasteiger partial charge >= 0.3 is 0 Å². The molecule has 0 bridgehead atoms. The minimum atomic E-state index is -0.676. The fourth-order valence-electron chi connectivity index (χ4n) is 3.53. The highest BCUT2D eigenvalue weighted by atomic mass is 19.1. The molecule has 3 aromatic heterocycles. The number of carbonyl (C=O) groups excluding carboxylic acids is 2. The average Bonchev–Trinajstić information content (AvgIpc) is 3.42. The molecule has 0 saturated heterocycles. The summed E-state index contributed by atoms with van der Waals surface area (Å²) in [5.41, 5.74) is 3.50. The van der Waals surface area contributed by atoms with Crippen LogP contribution in [0.4, 0.5) is 10.1 Å². The van der Waals surface area contributed by atoms with Crippen molar-refractivity contribution in [3.05, 3.63) is 84.2 Å². The standard InChI is InChI=1S/C26H24FN5O3/c1-5-6-7-20(17(3)33)26(34)30-19-8-9-24(22(27)13-19)35-25-12-18(15-32-23(25)10-11-28-32)21-14-29-31(4)16(21)2/h5-15H,1-4H3,(H,30,34)/b6-5-,20-7+. The molecule has 0 radical (unpaired) electrons. The quantitative estimate of drug-likeness (QED) is 0.176. The van der Waals surface area contributed by atoms with Gasteiger partial charge in [0.05, 0.1) is 18.0 Å². The van der Waals surface area contributed by atoms with Gasteiger partial charge in [0.2, 0.25) is 0 Å². The SMILES string of the molecule is C/C=C\C=C(/C(C)=O)C(=O)Nc1ccc(Oc2cc(-c3cnn(C)c3C)cn3nccc23)c(F)c1. The lowest BCUT2D eigenvalue weighted by atomic mass is 10.1. The third-order valence-corrected chi connectivity index (χ3v) is 5.51. The smallest absolute Gasteiger partial charge is 0.259 e. The van der Waals surface area contributed by atoms with Crippen molar-refractivity contribution >= 4 is 22.9 Å². The lowest BCUT2D eigenvalue weighted by molar-refractivity contribution is -0.118. The van der Waals surface area contributed by atoms with E-state index in [4.69, 9.17) is 4.74 Å². The summed E-state index contributed by atoms with van der Waals surface area (Å²) >= 11 is 0. The van der Waals surface area contributed by atoms with Gasteiger partial charge in [0, 0.05) is 41.8 Å². The van der Waals surface area contributed by atoms with Gasteiger partial charge in [-0.3, -0.25) is 14.3 Å². The third-order valence-electron chi connectivity index (χ3n) is 5.51. The first kappa shape index (κ1) is 23.6. The molecule has 9 heteroatoms. The Morgan fingerprint density at radius 1 is 1.14 bits per heavy atom. The Hall–Kier alpha value is -4.53. The number of ether oxygens (including phenoxy) is 1. The highest BCUT2D eigenvalue weighted by Crippen LogP contribution is 2.34. The number of carbonyl (C=O) groups is 2. The fraction of sp³-hybridized carbons (Fsp3) is 0.154. The number of benzene rings is 1. The Morgan fingerprint density at radius 3 is 2.60 bits per heavy atom. The molecule has 1 N–H and O–H groups in total. The van der Waals surface area contributed by atoms with E-state index >= 15 is 0 Å². The molecule has 0 aliphatic carbocycles. The lowest BCUT2D eigenvalue weighted by Gasteiger charge is -2.12. The lowest BCUT2D eigenvalue weighted by Crippen LogP contribution is -2.19. The minimum Gasteiger partial charge on any atom is -0.452 e. The van der Waals surface area contributed by atoms with Crippen molar-refractivity contribution in [3.63, 3.8) is 0 Å². The Bertz CT molecular complexity index is 1500. The van der Waals surface area contributed by atoms with Crippen LogP contribution in [-0.4, -0.2) is 31.1 Å². The summed E-state index contributed by atoms with van der Waals surface area (Å²) < 4.78 is 24.3. The zero-order valence-electron chi connectivity index (χ0n) is 19.7. The van der Waals surface area contributed by atoms with Gasteiger partial charge in [-0.05, 0) is 51.1 Å². The second-order valence-electron chi connectivity index (χ2n) is 7.89. The Balaban J connectivity index is 1.62. The van der Waals surface area contributed by atoms with Crippen molar-refractivity contribution < 1.29 is 18.7 Å². The van der Waals surface area contributed by atoms with Crippen molar-refractivity contribution in [2.24, 2.45) is 7.05 Å². The van der Waals surface area contributed by atoms with Crippen LogP contribution in [0, 0.1) is 12.7 Å². The molecule has 1 aromatic carbocycles. The molecule has 0 fully saturated rings. The van der Waals surface area contributed by atoms with Gasteiger partial charge in [-0.15, -0.1) is 0 Å². The number of halogens is 1. The number of hydrogen-bond acceptors (Lipinski definition) is 5. The van der Waals surface area contributed by atoms with Gasteiger partial charge in [-0.2, -0.15) is 10.2 Å². The van der Waals surface area contributed by atoms with Crippen LogP contribution in [0.25, 0.3) is 16.6 Å². The third kappa shape index (κ3) is 4.89. The number of amides is 1. The molecule has 0 aliphatic rings. The van der Waals surface area contributed by atoms with E-state index in [1.165, 1.54) is 25.1 Å². The molecular formula is C26H24FN5O3. The van der Waals surface area contributed by atoms with E-state index in [-0.39, 0.29) is 17.0 Å². The number of pyridine rings is 1. The average molecular weight is 474 g/mol. The first-order chi connectivity index (χ1) is 16.8. The number of anilines is 1. The van der Waals surface area contributed by atoms with Gasteiger partial charge in [-0.25, -0.2) is 8.91 Å². The zero-order valence-corrected chi connectivity index (χ0v) is 19.7. The number of Topliss-reactive ketones (excluding diaryl/α,β-unsaturated/α-hetero) is 1. The molecule has 0 unspecified atom stereocenters. The maximum absolute atomic E-state index is 15.0. The minimum absolute atomic E-state index is 0.0255. The van der Waals surface area contributed by atoms with E-state index in [0.29, 0.717) is 11.3 Å². The maximum atomic E-state index is 15.0. The van der Waals surface area contributed by atoms with Crippen molar-refractivity contribution in [1.29, 1.82) is 0 Å². The molecule has 0 aliphatic heterocycles. The summed E-state index contributed by atoms with van der Waals surface area (Å²) in [5, 5.41) is 11.1. The summed E-state index contributed by atoms with van der Waals surface area (Å²) in [7, 11) is 1.86. The van der Waals surface area contributed by atoms with E-state index in [1.807, 2.05) is 20.2 Å². The summed E-state index contributed by atoms with van der Waals surface area (Å²) in [4.78, 5) is 24.2. The van der Waals surface area contributed by atoms with E-state index < -0.39 is 17.5 Å². The normalized spacial score (nSPS) is 11.9. The molecule has 178 valence electrons. The van der Waals surface area contributed by atoms with Crippen LogP contribution >= 0.6 is 0 Å². The monoisotopic (exact) mass is 473 g/mol. The first-order valence-corrected chi connectivity index (χ1v) is 10.9. The van der Waals surface area contributed by atoms with Crippen molar-refractivity contribution in [3.8, 4) is 22.6 Å². The maximum Gasteiger partial charge on any atom is 0.259 e. The van der Waals surface area contributed by atoms with Crippen LogP contribution in [0.1, 0.15) is 19.5 Å². The number of aromatic nitrogens is 4. The van der Waals surface area contributed by atoms with Crippen LogP contribution in [0.15, 0.2) is 72.7 Å². The number of aryl methyl sites for hydroxylation is 1. The predicted octanol–water partition coefficient (Wildman–Crippen LogP) is 5.00. The summed E-state index contributed by atoms with van der Waals surface area (Å²) in [6.07, 6.45) is 9.94. The molecule has 8 nitrogen and oxygen atoms in total. The molecule has 1 amide bonds. The first-order valence-electron chi connectivity index (χ1n) is 10.9. The summed E-state index contributed by atoms with van der Waals surface area (Å²) in [6, 6.07) is 7.64. The van der Waals surface area contributed by atoms with Crippen LogP contribution < -0.4 is 10.1 Å². The number of rotatable bonds is 7. The van der Waals surface area contributed by atoms with Crippen LogP contribution in [0.2, 0.25) is 0 Å². The second-order valence-corrected chi connectivity index (χ2v) is 7.89. The van der Waals surface area contributed by atoms with Crippen LogP contribution in [-0.2, 0) is 16.6 Å². The highest BCUT2D eigenvalue weighted by Gasteiger charge is 2.17. The second kappa shape index (κ2) is 9.76. The topological polar surface area (TPSA) is 90.5 Å². The number of nitrogens with zero attached hydrogens (tertiary/aromatic N) is 4. The molecule has 3 heterocycles. The van der Waals surface area contributed by atoms with Gasteiger partial charge in [-0.1, -0.05) is 12.2 Å². The number of hydrogen-bond donors (Lipinski definition) is 1. The summed E-state index contributed by atoms with van der Waals surface area (Å²) in [6.45, 7) is 5.02. The van der Waals surface area contributed by atoms with Crippen LogP contribution in [0.5, 0.6) is 11.5 Å². The van der Waals surface area contributed by atoms with Gasteiger partial charge in [0.15, 0.2) is 23.1 Å². The number of fused-ring (bicyclic) bond motifs is 1. The zero-order chi connectivity index (χ0) is 25.1. The molecule has 4 aromatic rings. The Kier molecular flexibility index (Phi) is 6.59. The predicted molar refractivity (Wildman–Crippen MR) is 131 cm³/mol. The summed E-state index contributed by atoms with van der Waals surface area (Å²) in [5.74, 6) is -1.31. The van der Waals surface area contributed by atoms with E-state index in [0.717, 1.165) is 22.9 Å². The van der Waals surface area contributed by atoms with Gasteiger partial charge in [0.25, 0.3) is 5.91 Å². The number of nitrogens with one attached hydrogen (secondary N) is 1. The van der Waals surface area contributed by atoms with E-state index in [2.05, 4.69) is 15.5 Å². The molecule has 35 heavy (non-hydrogen) atoms. The van der Waals surface area contributed by atoms with Gasteiger partial charge in [0.1, 0.15) is 5.52 Å². The molecule has 0 spiro atoms.